The molecule has 0 saturated carbocycles. The number of para-hydroxylation sites is 1. The Hall–Kier alpha value is -3.68. The highest BCUT2D eigenvalue weighted by Crippen LogP contribution is 2.30. The molecular weight excluding hydrogens is 537 g/mol. The summed E-state index contributed by atoms with van der Waals surface area (Å²) in [6.45, 7) is 2.49. The number of hydrogen-bond donors (Lipinski definition) is 2. The lowest BCUT2D eigenvalue weighted by molar-refractivity contribution is -0.114. The van der Waals surface area contributed by atoms with Gasteiger partial charge in [-0.1, -0.05) is 12.1 Å². The van der Waals surface area contributed by atoms with Gasteiger partial charge in [-0.3, -0.25) is 9.10 Å². The van der Waals surface area contributed by atoms with E-state index in [1.165, 1.54) is 74.9 Å². The van der Waals surface area contributed by atoms with E-state index in [0.717, 1.165) is 6.07 Å². The van der Waals surface area contributed by atoms with E-state index in [4.69, 9.17) is 9.47 Å². The lowest BCUT2D eigenvalue weighted by Crippen LogP contribution is -2.38. The molecule has 0 unspecified atom stereocenters. The molecule has 3 rings (SSSR count). The normalized spacial score (nSPS) is 11.7. The van der Waals surface area contributed by atoms with Crippen LogP contribution in [0.3, 0.4) is 0 Å². The maximum absolute atomic E-state index is 14.7. The predicted molar refractivity (Wildman–Crippen MR) is 141 cm³/mol. The molecule has 13 heteroatoms. The van der Waals surface area contributed by atoms with Crippen LogP contribution in [0.5, 0.6) is 11.5 Å². The third-order valence-electron chi connectivity index (χ3n) is 5.20. The van der Waals surface area contributed by atoms with E-state index in [9.17, 15) is 26.0 Å². The molecule has 0 aliphatic heterocycles. The van der Waals surface area contributed by atoms with E-state index in [-0.39, 0.29) is 33.0 Å². The molecule has 0 spiro atoms. The molecule has 0 aliphatic rings. The molecule has 0 atom stereocenters. The Morgan fingerprint density at radius 1 is 0.921 bits per heavy atom. The van der Waals surface area contributed by atoms with E-state index in [1.54, 1.807) is 13.8 Å². The van der Waals surface area contributed by atoms with Crippen LogP contribution < -0.4 is 23.8 Å². The average Bonchev–Trinajstić information content (AvgIpc) is 2.87. The fraction of sp³-hybridized carbons (Fsp3) is 0.240. The molecule has 0 saturated heterocycles. The van der Waals surface area contributed by atoms with Crippen LogP contribution in [0.2, 0.25) is 0 Å². The van der Waals surface area contributed by atoms with Gasteiger partial charge < -0.3 is 14.8 Å². The predicted octanol–water partition coefficient (Wildman–Crippen LogP) is 3.36. The first-order chi connectivity index (χ1) is 17.9. The Morgan fingerprint density at radius 2 is 1.55 bits per heavy atom. The molecule has 38 heavy (non-hydrogen) atoms. The second-order valence-electron chi connectivity index (χ2n) is 8.32. The molecule has 0 heterocycles. The number of carbonyl (C=O) groups excluding carboxylic acids is 1. The molecule has 10 nitrogen and oxygen atoms in total. The third kappa shape index (κ3) is 6.60. The van der Waals surface area contributed by atoms with Crippen LogP contribution in [-0.4, -0.2) is 49.5 Å². The summed E-state index contributed by atoms with van der Waals surface area (Å²) in [6.07, 6.45) is 0. The Kier molecular flexibility index (Phi) is 8.97. The zero-order chi connectivity index (χ0) is 28.1. The van der Waals surface area contributed by atoms with Crippen LogP contribution in [0, 0.1) is 5.82 Å². The number of sulfonamides is 2. The summed E-state index contributed by atoms with van der Waals surface area (Å²) in [6, 6.07) is 14.0. The Labute approximate surface area is 221 Å². The standard InChI is InChI=1S/C25H28FN3O7S2/c1-17(2)28-37(31,32)20-13-14-24(36-4)22(15-20)27-25(30)16-29(23-8-6-5-7-21(23)26)38(33,34)19-11-9-18(35-3)10-12-19/h5-15,17,28H,16H2,1-4H3,(H,27,30). The van der Waals surface area contributed by atoms with E-state index in [2.05, 4.69) is 10.0 Å². The van der Waals surface area contributed by atoms with Crippen LogP contribution in [-0.2, 0) is 24.8 Å². The summed E-state index contributed by atoms with van der Waals surface area (Å²) in [5.74, 6) is -1.18. The number of nitrogens with zero attached hydrogens (tertiary/aromatic N) is 1. The topological polar surface area (TPSA) is 131 Å². The number of carbonyl (C=O) groups is 1. The van der Waals surface area contributed by atoms with Crippen molar-refractivity contribution in [1.29, 1.82) is 0 Å². The van der Waals surface area contributed by atoms with Gasteiger partial charge in [0.1, 0.15) is 23.9 Å². The first kappa shape index (κ1) is 28.9. The molecule has 0 aliphatic carbocycles. The summed E-state index contributed by atoms with van der Waals surface area (Å²) in [4.78, 5) is 12.8. The van der Waals surface area contributed by atoms with Gasteiger partial charge in [0.25, 0.3) is 10.0 Å². The fourth-order valence-corrected chi connectivity index (χ4v) is 6.18. The van der Waals surface area contributed by atoms with Crippen molar-refractivity contribution in [3.8, 4) is 11.5 Å². The first-order valence-electron chi connectivity index (χ1n) is 11.3. The van der Waals surface area contributed by atoms with Crippen molar-refractivity contribution in [2.24, 2.45) is 0 Å². The number of hydrogen-bond acceptors (Lipinski definition) is 7. The molecule has 2 N–H and O–H groups in total. The van der Waals surface area contributed by atoms with Crippen molar-refractivity contribution < 1.29 is 35.5 Å². The number of halogens is 1. The van der Waals surface area contributed by atoms with Gasteiger partial charge in [0.2, 0.25) is 15.9 Å². The molecule has 1 amide bonds. The Bertz CT molecular complexity index is 1510. The Balaban J connectivity index is 1.99. The highest BCUT2D eigenvalue weighted by atomic mass is 32.2. The van der Waals surface area contributed by atoms with E-state index in [1.807, 2.05) is 0 Å². The third-order valence-corrected chi connectivity index (χ3v) is 8.63. The van der Waals surface area contributed by atoms with Crippen molar-refractivity contribution in [3.05, 3.63) is 72.5 Å². The van der Waals surface area contributed by atoms with Gasteiger partial charge in [-0.25, -0.2) is 25.9 Å². The zero-order valence-electron chi connectivity index (χ0n) is 21.1. The van der Waals surface area contributed by atoms with Crippen LogP contribution in [0.4, 0.5) is 15.8 Å². The lowest BCUT2D eigenvalue weighted by atomic mass is 10.3. The van der Waals surface area contributed by atoms with Crippen LogP contribution >= 0.6 is 0 Å². The first-order valence-corrected chi connectivity index (χ1v) is 14.2. The molecule has 0 aromatic heterocycles. The summed E-state index contributed by atoms with van der Waals surface area (Å²) >= 11 is 0. The summed E-state index contributed by atoms with van der Waals surface area (Å²) in [7, 11) is -5.56. The molecule has 0 bridgehead atoms. The molecule has 3 aromatic rings. The van der Waals surface area contributed by atoms with E-state index < -0.39 is 38.3 Å². The van der Waals surface area contributed by atoms with Crippen molar-refractivity contribution in [1.82, 2.24) is 4.72 Å². The smallest absolute Gasteiger partial charge is 0.264 e. The SMILES string of the molecule is COc1ccc(S(=O)(=O)N(CC(=O)Nc2cc(S(=O)(=O)NC(C)C)ccc2OC)c2ccccc2F)cc1. The monoisotopic (exact) mass is 565 g/mol. The highest BCUT2D eigenvalue weighted by molar-refractivity contribution is 7.92. The number of amides is 1. The largest absolute Gasteiger partial charge is 0.497 e. The van der Waals surface area contributed by atoms with Gasteiger partial charge in [-0.05, 0) is 68.4 Å². The highest BCUT2D eigenvalue weighted by Gasteiger charge is 2.30. The molecule has 0 radical (unpaired) electrons. The second kappa shape index (κ2) is 11.8. The molecule has 3 aromatic carbocycles. The minimum Gasteiger partial charge on any atom is -0.497 e. The summed E-state index contributed by atoms with van der Waals surface area (Å²) in [5.41, 5.74) is -0.359. The lowest BCUT2D eigenvalue weighted by Gasteiger charge is -2.25. The minimum atomic E-state index is -4.41. The van der Waals surface area contributed by atoms with Gasteiger partial charge in [-0.15, -0.1) is 0 Å². The number of ether oxygens (including phenoxy) is 2. The quantitative estimate of drug-likeness (QED) is 0.365. The summed E-state index contributed by atoms with van der Waals surface area (Å²) in [5, 5.41) is 2.48. The minimum absolute atomic E-state index is 0.0144. The number of anilines is 2. The number of rotatable bonds is 11. The average molecular weight is 566 g/mol. The van der Waals surface area contributed by atoms with Crippen molar-refractivity contribution in [2.45, 2.75) is 29.7 Å². The summed E-state index contributed by atoms with van der Waals surface area (Å²) < 4.78 is 80.3. The number of nitrogens with one attached hydrogen (secondary N) is 2. The number of methoxy groups -OCH3 is 2. The van der Waals surface area contributed by atoms with Crippen molar-refractivity contribution >= 4 is 37.3 Å². The van der Waals surface area contributed by atoms with E-state index >= 15 is 0 Å². The zero-order valence-corrected chi connectivity index (χ0v) is 22.8. The van der Waals surface area contributed by atoms with Crippen LogP contribution in [0.25, 0.3) is 0 Å². The van der Waals surface area contributed by atoms with E-state index in [0.29, 0.717) is 10.1 Å². The van der Waals surface area contributed by atoms with Gasteiger partial charge in [0.05, 0.1) is 35.4 Å². The number of benzene rings is 3. The fourth-order valence-electron chi connectivity index (χ4n) is 3.48. The van der Waals surface area contributed by atoms with Gasteiger partial charge in [0, 0.05) is 6.04 Å². The van der Waals surface area contributed by atoms with Crippen molar-refractivity contribution in [2.75, 3.05) is 30.4 Å². The van der Waals surface area contributed by atoms with Gasteiger partial charge in [-0.2, -0.15) is 0 Å². The second-order valence-corrected chi connectivity index (χ2v) is 11.9. The maximum Gasteiger partial charge on any atom is 0.264 e. The van der Waals surface area contributed by atoms with Crippen LogP contribution in [0.1, 0.15) is 13.8 Å². The maximum atomic E-state index is 14.7. The molecule has 0 fully saturated rings. The van der Waals surface area contributed by atoms with Gasteiger partial charge in [0.15, 0.2) is 0 Å². The molecular formula is C25H28FN3O7S2. The van der Waals surface area contributed by atoms with Crippen molar-refractivity contribution in [3.63, 3.8) is 0 Å². The van der Waals surface area contributed by atoms with Gasteiger partial charge >= 0.3 is 0 Å². The molecule has 204 valence electrons. The van der Waals surface area contributed by atoms with Crippen LogP contribution in [0.15, 0.2) is 76.5 Å². The Morgan fingerprint density at radius 3 is 2.13 bits per heavy atom.